The molecule has 112 valence electrons. The van der Waals surface area contributed by atoms with E-state index in [0.29, 0.717) is 11.6 Å². The molecule has 0 saturated heterocycles. The number of halogens is 1. The molecule has 4 aromatic rings. The predicted molar refractivity (Wildman–Crippen MR) is 94.1 cm³/mol. The quantitative estimate of drug-likeness (QED) is 0.524. The van der Waals surface area contributed by atoms with Crippen molar-refractivity contribution < 1.29 is 0 Å². The van der Waals surface area contributed by atoms with Gasteiger partial charge in [-0.2, -0.15) is 9.50 Å². The molecule has 0 aliphatic heterocycles. The van der Waals surface area contributed by atoms with Crippen LogP contribution in [0.25, 0.3) is 28.4 Å². The van der Waals surface area contributed by atoms with Crippen molar-refractivity contribution in [2.24, 2.45) is 0 Å². The third-order valence-corrected chi connectivity index (χ3v) is 4.22. The van der Waals surface area contributed by atoms with E-state index in [1.165, 1.54) is 5.56 Å². The smallest absolute Gasteiger partial charge is 0.220 e. The van der Waals surface area contributed by atoms with Gasteiger partial charge in [0, 0.05) is 21.8 Å². The zero-order chi connectivity index (χ0) is 15.8. The Bertz CT molecular complexity index is 972. The first-order chi connectivity index (χ1) is 11.2. The van der Waals surface area contributed by atoms with Crippen LogP contribution in [-0.2, 0) is 0 Å². The molecule has 0 amide bonds. The molecule has 0 aliphatic rings. The van der Waals surface area contributed by atoms with E-state index < -0.39 is 0 Å². The van der Waals surface area contributed by atoms with Gasteiger partial charge in [0.1, 0.15) is 0 Å². The normalized spacial score (nSPS) is 11.0. The summed E-state index contributed by atoms with van der Waals surface area (Å²) in [5.41, 5.74) is 4.24. The van der Waals surface area contributed by atoms with Crippen molar-refractivity contribution in [3.63, 3.8) is 0 Å². The minimum Gasteiger partial charge on any atom is -0.220 e. The Kier molecular flexibility index (Phi) is 3.42. The van der Waals surface area contributed by atoms with E-state index in [-0.39, 0.29) is 0 Å². The zero-order valence-corrected chi connectivity index (χ0v) is 14.0. The van der Waals surface area contributed by atoms with Crippen molar-refractivity contribution in [2.45, 2.75) is 6.92 Å². The van der Waals surface area contributed by atoms with Crippen LogP contribution in [0.15, 0.2) is 65.3 Å². The SMILES string of the molecule is Cc1ccc(-c2nc3nccc(-c4ccc(Br)cc4)n3n2)cc1. The van der Waals surface area contributed by atoms with Gasteiger partial charge < -0.3 is 0 Å². The maximum atomic E-state index is 4.64. The molecule has 2 aromatic carbocycles. The first-order valence-electron chi connectivity index (χ1n) is 7.25. The van der Waals surface area contributed by atoms with E-state index in [0.717, 1.165) is 21.3 Å². The summed E-state index contributed by atoms with van der Waals surface area (Å²) in [6.07, 6.45) is 1.76. The topological polar surface area (TPSA) is 43.1 Å². The Morgan fingerprint density at radius 2 is 1.57 bits per heavy atom. The number of aryl methyl sites for hydroxylation is 1. The summed E-state index contributed by atoms with van der Waals surface area (Å²) in [5.74, 6) is 1.28. The average molecular weight is 365 g/mol. The molecule has 23 heavy (non-hydrogen) atoms. The standard InChI is InChI=1S/C18H13BrN4/c1-12-2-4-14(5-3-12)17-21-18-20-11-10-16(23(18)22-17)13-6-8-15(19)9-7-13/h2-11H,1H3. The molecule has 5 heteroatoms. The maximum absolute atomic E-state index is 4.64. The third kappa shape index (κ3) is 2.64. The van der Waals surface area contributed by atoms with Gasteiger partial charge in [0.25, 0.3) is 5.78 Å². The number of hydrogen-bond acceptors (Lipinski definition) is 3. The molecule has 0 bridgehead atoms. The molecule has 4 rings (SSSR count). The summed E-state index contributed by atoms with van der Waals surface area (Å²) in [6, 6.07) is 18.3. The highest BCUT2D eigenvalue weighted by atomic mass is 79.9. The van der Waals surface area contributed by atoms with Crippen LogP contribution in [-0.4, -0.2) is 19.6 Å². The second-order valence-corrected chi connectivity index (χ2v) is 6.27. The van der Waals surface area contributed by atoms with Crippen LogP contribution in [0.1, 0.15) is 5.56 Å². The van der Waals surface area contributed by atoms with Gasteiger partial charge in [-0.3, -0.25) is 0 Å². The minimum absolute atomic E-state index is 0.598. The van der Waals surface area contributed by atoms with Gasteiger partial charge in [0.05, 0.1) is 5.69 Å². The first-order valence-corrected chi connectivity index (χ1v) is 8.05. The summed E-state index contributed by atoms with van der Waals surface area (Å²) in [6.45, 7) is 2.06. The molecule has 0 unspecified atom stereocenters. The molecule has 0 spiro atoms. The van der Waals surface area contributed by atoms with Gasteiger partial charge in [-0.25, -0.2) is 4.98 Å². The van der Waals surface area contributed by atoms with E-state index >= 15 is 0 Å². The fourth-order valence-electron chi connectivity index (χ4n) is 2.46. The molecule has 0 aliphatic carbocycles. The number of hydrogen-bond donors (Lipinski definition) is 0. The lowest BCUT2D eigenvalue weighted by molar-refractivity contribution is 0.951. The van der Waals surface area contributed by atoms with E-state index in [9.17, 15) is 0 Å². The zero-order valence-electron chi connectivity index (χ0n) is 12.4. The Morgan fingerprint density at radius 3 is 2.30 bits per heavy atom. The Morgan fingerprint density at radius 1 is 0.870 bits per heavy atom. The minimum atomic E-state index is 0.598. The lowest BCUT2D eigenvalue weighted by Crippen LogP contribution is -1.95. The average Bonchev–Trinajstić information content (AvgIpc) is 3.00. The van der Waals surface area contributed by atoms with Gasteiger partial charge in [-0.15, -0.1) is 5.10 Å². The number of fused-ring (bicyclic) bond motifs is 1. The summed E-state index contributed by atoms with van der Waals surface area (Å²) in [7, 11) is 0. The van der Waals surface area contributed by atoms with E-state index in [1.807, 2.05) is 42.5 Å². The van der Waals surface area contributed by atoms with E-state index in [4.69, 9.17) is 0 Å². The second-order valence-electron chi connectivity index (χ2n) is 5.35. The van der Waals surface area contributed by atoms with Crippen molar-refractivity contribution in [1.29, 1.82) is 0 Å². The lowest BCUT2D eigenvalue weighted by Gasteiger charge is -2.03. The Labute approximate surface area is 142 Å². The van der Waals surface area contributed by atoms with Crippen molar-refractivity contribution in [3.05, 3.63) is 70.8 Å². The van der Waals surface area contributed by atoms with Crippen LogP contribution in [0.5, 0.6) is 0 Å². The van der Waals surface area contributed by atoms with Gasteiger partial charge in [-0.05, 0) is 25.1 Å². The summed E-state index contributed by atoms with van der Waals surface area (Å²) < 4.78 is 2.84. The van der Waals surface area contributed by atoms with Crippen LogP contribution in [0.4, 0.5) is 0 Å². The van der Waals surface area contributed by atoms with Crippen LogP contribution in [0, 0.1) is 6.92 Å². The molecule has 0 radical (unpaired) electrons. The molecule has 0 saturated carbocycles. The highest BCUT2D eigenvalue weighted by molar-refractivity contribution is 9.10. The summed E-state index contributed by atoms with van der Waals surface area (Å²) in [4.78, 5) is 8.88. The highest BCUT2D eigenvalue weighted by Crippen LogP contribution is 2.23. The van der Waals surface area contributed by atoms with E-state index in [1.54, 1.807) is 10.7 Å². The molecule has 0 atom stereocenters. The fraction of sp³-hybridized carbons (Fsp3) is 0.0556. The van der Waals surface area contributed by atoms with Gasteiger partial charge in [0.2, 0.25) is 0 Å². The predicted octanol–water partition coefficient (Wildman–Crippen LogP) is 4.53. The van der Waals surface area contributed by atoms with Gasteiger partial charge >= 0.3 is 0 Å². The Balaban J connectivity index is 1.87. The lowest BCUT2D eigenvalue weighted by atomic mass is 10.1. The van der Waals surface area contributed by atoms with Gasteiger partial charge in [-0.1, -0.05) is 57.9 Å². The molecular weight excluding hydrogens is 352 g/mol. The van der Waals surface area contributed by atoms with Crippen molar-refractivity contribution >= 4 is 21.7 Å². The number of benzene rings is 2. The van der Waals surface area contributed by atoms with Crippen LogP contribution >= 0.6 is 15.9 Å². The second kappa shape index (κ2) is 5.59. The molecular formula is C18H13BrN4. The maximum Gasteiger partial charge on any atom is 0.253 e. The third-order valence-electron chi connectivity index (χ3n) is 3.69. The van der Waals surface area contributed by atoms with Crippen molar-refractivity contribution in [1.82, 2.24) is 19.6 Å². The molecule has 0 N–H and O–H groups in total. The summed E-state index contributed by atoms with van der Waals surface area (Å²) >= 11 is 3.46. The highest BCUT2D eigenvalue weighted by Gasteiger charge is 2.11. The molecule has 0 fully saturated rings. The van der Waals surface area contributed by atoms with Crippen LogP contribution < -0.4 is 0 Å². The number of aromatic nitrogens is 4. The summed E-state index contributed by atoms with van der Waals surface area (Å²) in [5, 5.41) is 4.64. The monoisotopic (exact) mass is 364 g/mol. The van der Waals surface area contributed by atoms with Crippen molar-refractivity contribution in [2.75, 3.05) is 0 Å². The first kappa shape index (κ1) is 14.1. The van der Waals surface area contributed by atoms with Crippen LogP contribution in [0.3, 0.4) is 0 Å². The van der Waals surface area contributed by atoms with Crippen molar-refractivity contribution in [3.8, 4) is 22.6 Å². The number of nitrogens with zero attached hydrogens (tertiary/aromatic N) is 4. The number of rotatable bonds is 2. The molecule has 4 nitrogen and oxygen atoms in total. The Hall–Kier alpha value is -2.53. The van der Waals surface area contributed by atoms with Gasteiger partial charge in [0.15, 0.2) is 5.82 Å². The molecule has 2 heterocycles. The fourth-order valence-corrected chi connectivity index (χ4v) is 2.72. The molecule has 2 aromatic heterocycles. The van der Waals surface area contributed by atoms with E-state index in [2.05, 4.69) is 50.1 Å². The van der Waals surface area contributed by atoms with Crippen LogP contribution in [0.2, 0.25) is 0 Å². The largest absolute Gasteiger partial charge is 0.253 e.